The van der Waals surface area contributed by atoms with Crippen LogP contribution in [0.25, 0.3) is 0 Å². The standard InChI is InChI=1S/C14H23N5/c1-4-8-15-18(3)13-11-12(2)16-14(17-13)19-9-6-5-7-10-19/h8,11H,4-7,9-10H2,1-3H3/b15-8-. The molecule has 0 spiro atoms. The molecule has 5 nitrogen and oxygen atoms in total. The zero-order valence-corrected chi connectivity index (χ0v) is 12.1. The zero-order chi connectivity index (χ0) is 13.7. The van der Waals surface area contributed by atoms with Gasteiger partial charge in [-0.25, -0.2) is 4.98 Å². The maximum atomic E-state index is 4.64. The zero-order valence-electron chi connectivity index (χ0n) is 12.1. The van der Waals surface area contributed by atoms with E-state index in [1.165, 1.54) is 19.3 Å². The highest BCUT2D eigenvalue weighted by molar-refractivity contribution is 5.59. The Morgan fingerprint density at radius 1 is 1.32 bits per heavy atom. The van der Waals surface area contributed by atoms with E-state index in [2.05, 4.69) is 26.9 Å². The van der Waals surface area contributed by atoms with Gasteiger partial charge < -0.3 is 4.90 Å². The van der Waals surface area contributed by atoms with Crippen LogP contribution in [0.15, 0.2) is 11.2 Å². The molecular formula is C14H23N5. The van der Waals surface area contributed by atoms with E-state index in [1.807, 2.05) is 31.3 Å². The maximum absolute atomic E-state index is 4.64. The Labute approximate surface area is 115 Å². The predicted octanol–water partition coefficient (Wildman–Crippen LogP) is 2.61. The summed E-state index contributed by atoms with van der Waals surface area (Å²) < 4.78 is 0. The highest BCUT2D eigenvalue weighted by atomic mass is 15.5. The molecule has 0 aromatic carbocycles. The molecule has 1 aromatic heterocycles. The minimum Gasteiger partial charge on any atom is -0.341 e. The van der Waals surface area contributed by atoms with E-state index in [4.69, 9.17) is 0 Å². The Bertz CT molecular complexity index is 437. The number of hydrogen-bond acceptors (Lipinski definition) is 5. The van der Waals surface area contributed by atoms with Crippen molar-refractivity contribution in [1.82, 2.24) is 9.97 Å². The molecule has 0 bridgehead atoms. The van der Waals surface area contributed by atoms with Gasteiger partial charge in [-0.05, 0) is 32.6 Å². The number of hydrazone groups is 1. The third kappa shape index (κ3) is 3.66. The average molecular weight is 261 g/mol. The van der Waals surface area contributed by atoms with Crippen LogP contribution in [0.2, 0.25) is 0 Å². The fraction of sp³-hybridized carbons (Fsp3) is 0.643. The number of piperidine rings is 1. The molecule has 0 N–H and O–H groups in total. The molecule has 0 atom stereocenters. The minimum absolute atomic E-state index is 0.841. The van der Waals surface area contributed by atoms with Gasteiger partial charge in [-0.1, -0.05) is 6.92 Å². The van der Waals surface area contributed by atoms with Gasteiger partial charge in [-0.3, -0.25) is 5.01 Å². The van der Waals surface area contributed by atoms with E-state index in [9.17, 15) is 0 Å². The van der Waals surface area contributed by atoms with Gasteiger partial charge in [0.05, 0.1) is 0 Å². The minimum atomic E-state index is 0.841. The van der Waals surface area contributed by atoms with Crippen LogP contribution in [-0.2, 0) is 0 Å². The molecule has 0 saturated carbocycles. The lowest BCUT2D eigenvalue weighted by molar-refractivity contribution is 0.567. The summed E-state index contributed by atoms with van der Waals surface area (Å²) in [6.07, 6.45) is 6.59. The molecule has 0 unspecified atom stereocenters. The largest absolute Gasteiger partial charge is 0.341 e. The Hall–Kier alpha value is -1.65. The molecule has 104 valence electrons. The summed E-state index contributed by atoms with van der Waals surface area (Å²) in [6, 6.07) is 1.97. The first-order valence-corrected chi connectivity index (χ1v) is 7.07. The lowest BCUT2D eigenvalue weighted by Crippen LogP contribution is -2.31. The highest BCUT2D eigenvalue weighted by Crippen LogP contribution is 2.20. The average Bonchev–Trinajstić information content (AvgIpc) is 2.45. The van der Waals surface area contributed by atoms with E-state index in [1.54, 1.807) is 0 Å². The SMILES string of the molecule is CC/C=N\N(C)c1cc(C)nc(N2CCCCC2)n1. The lowest BCUT2D eigenvalue weighted by atomic mass is 10.1. The third-order valence-electron chi connectivity index (χ3n) is 3.24. The van der Waals surface area contributed by atoms with E-state index in [0.29, 0.717) is 0 Å². The van der Waals surface area contributed by atoms with E-state index in [0.717, 1.165) is 37.0 Å². The number of aryl methyl sites for hydroxylation is 1. The molecule has 19 heavy (non-hydrogen) atoms. The van der Waals surface area contributed by atoms with Crippen molar-refractivity contribution < 1.29 is 0 Å². The summed E-state index contributed by atoms with van der Waals surface area (Å²) in [5, 5.41) is 6.15. The van der Waals surface area contributed by atoms with Crippen molar-refractivity contribution >= 4 is 18.0 Å². The van der Waals surface area contributed by atoms with Crippen LogP contribution >= 0.6 is 0 Å². The molecule has 1 aromatic rings. The van der Waals surface area contributed by atoms with Gasteiger partial charge in [0.2, 0.25) is 5.95 Å². The van der Waals surface area contributed by atoms with Gasteiger partial charge in [0.1, 0.15) is 0 Å². The number of hydrogen-bond donors (Lipinski definition) is 0. The molecule has 1 saturated heterocycles. The fourth-order valence-electron chi connectivity index (χ4n) is 2.20. The second kappa shape index (κ2) is 6.50. The summed E-state index contributed by atoms with van der Waals surface area (Å²) in [5.41, 5.74) is 0.990. The van der Waals surface area contributed by atoms with E-state index < -0.39 is 0 Å². The van der Waals surface area contributed by atoms with Gasteiger partial charge in [0.25, 0.3) is 0 Å². The quantitative estimate of drug-likeness (QED) is 0.617. The van der Waals surface area contributed by atoms with Gasteiger partial charge in [0.15, 0.2) is 5.82 Å². The van der Waals surface area contributed by atoms with Crippen LogP contribution in [0.3, 0.4) is 0 Å². The van der Waals surface area contributed by atoms with Gasteiger partial charge in [-0.15, -0.1) is 0 Å². The Morgan fingerprint density at radius 2 is 2.05 bits per heavy atom. The van der Waals surface area contributed by atoms with Crippen molar-refractivity contribution in [3.05, 3.63) is 11.8 Å². The molecule has 1 fully saturated rings. The number of anilines is 2. The van der Waals surface area contributed by atoms with Gasteiger partial charge >= 0.3 is 0 Å². The summed E-state index contributed by atoms with van der Waals surface area (Å²) >= 11 is 0. The Kier molecular flexibility index (Phi) is 4.71. The molecular weight excluding hydrogens is 238 g/mol. The van der Waals surface area contributed by atoms with Crippen LogP contribution in [0.5, 0.6) is 0 Å². The molecule has 1 aliphatic rings. The van der Waals surface area contributed by atoms with Crippen molar-refractivity contribution in [3.8, 4) is 0 Å². The van der Waals surface area contributed by atoms with Gasteiger partial charge in [0, 0.05) is 38.1 Å². The van der Waals surface area contributed by atoms with Crippen molar-refractivity contribution in [1.29, 1.82) is 0 Å². The topological polar surface area (TPSA) is 44.6 Å². The van der Waals surface area contributed by atoms with E-state index in [-0.39, 0.29) is 0 Å². The molecule has 0 radical (unpaired) electrons. The van der Waals surface area contributed by atoms with E-state index >= 15 is 0 Å². The second-order valence-electron chi connectivity index (χ2n) is 4.95. The van der Waals surface area contributed by atoms with Crippen molar-refractivity contribution in [2.24, 2.45) is 5.10 Å². The Balaban J connectivity index is 2.20. The van der Waals surface area contributed by atoms with Gasteiger partial charge in [-0.2, -0.15) is 10.1 Å². The Morgan fingerprint density at radius 3 is 2.74 bits per heavy atom. The second-order valence-corrected chi connectivity index (χ2v) is 4.95. The first-order valence-electron chi connectivity index (χ1n) is 7.07. The van der Waals surface area contributed by atoms with Crippen LogP contribution in [0.1, 0.15) is 38.3 Å². The monoisotopic (exact) mass is 261 g/mol. The van der Waals surface area contributed by atoms with Crippen LogP contribution in [0.4, 0.5) is 11.8 Å². The van der Waals surface area contributed by atoms with Crippen molar-refractivity contribution in [3.63, 3.8) is 0 Å². The summed E-state index contributed by atoms with van der Waals surface area (Å²) in [5.74, 6) is 1.70. The normalized spacial score (nSPS) is 16.1. The highest BCUT2D eigenvalue weighted by Gasteiger charge is 2.15. The number of nitrogens with zero attached hydrogens (tertiary/aromatic N) is 5. The lowest BCUT2D eigenvalue weighted by Gasteiger charge is -2.27. The fourth-order valence-corrected chi connectivity index (χ4v) is 2.20. The number of aromatic nitrogens is 2. The first kappa shape index (κ1) is 13.8. The number of rotatable bonds is 4. The molecule has 5 heteroatoms. The maximum Gasteiger partial charge on any atom is 0.227 e. The first-order chi connectivity index (χ1) is 9.20. The summed E-state index contributed by atoms with van der Waals surface area (Å²) in [7, 11) is 1.92. The molecule has 0 amide bonds. The predicted molar refractivity (Wildman–Crippen MR) is 80.0 cm³/mol. The van der Waals surface area contributed by atoms with Crippen LogP contribution in [0, 0.1) is 6.92 Å². The molecule has 0 aliphatic carbocycles. The molecule has 1 aliphatic heterocycles. The van der Waals surface area contributed by atoms with Crippen LogP contribution in [-0.4, -0.2) is 36.3 Å². The van der Waals surface area contributed by atoms with Crippen molar-refractivity contribution in [2.45, 2.75) is 39.5 Å². The van der Waals surface area contributed by atoms with Crippen molar-refractivity contribution in [2.75, 3.05) is 30.0 Å². The summed E-state index contributed by atoms with van der Waals surface area (Å²) in [6.45, 7) is 6.20. The summed E-state index contributed by atoms with van der Waals surface area (Å²) in [4.78, 5) is 11.5. The molecule has 2 heterocycles. The van der Waals surface area contributed by atoms with Crippen LogP contribution < -0.4 is 9.91 Å². The molecule has 2 rings (SSSR count). The third-order valence-corrected chi connectivity index (χ3v) is 3.24. The smallest absolute Gasteiger partial charge is 0.227 e.